The smallest absolute Gasteiger partial charge is 0.188 e. The van der Waals surface area contributed by atoms with E-state index in [9.17, 15) is 0 Å². The highest BCUT2D eigenvalue weighted by atomic mass is 16.7. The van der Waals surface area contributed by atoms with Crippen molar-refractivity contribution in [3.05, 3.63) is 95.1 Å². The van der Waals surface area contributed by atoms with Gasteiger partial charge in [0.05, 0.1) is 0 Å². The first kappa shape index (κ1) is 25.2. The Kier molecular flexibility index (Phi) is 9.58. The third-order valence-electron chi connectivity index (χ3n) is 6.67. The molecule has 1 saturated carbocycles. The fourth-order valence-electron chi connectivity index (χ4n) is 4.86. The van der Waals surface area contributed by atoms with Gasteiger partial charge in [0, 0.05) is 32.7 Å². The van der Waals surface area contributed by atoms with Crippen LogP contribution in [0.1, 0.15) is 60.3 Å². The maximum Gasteiger partial charge on any atom is 0.188 e. The summed E-state index contributed by atoms with van der Waals surface area (Å²) in [5, 5.41) is 3.83. The Morgan fingerprint density at radius 2 is 1.26 bits per heavy atom. The van der Waals surface area contributed by atoms with Crippen molar-refractivity contribution >= 4 is 0 Å². The molecule has 0 heterocycles. The summed E-state index contributed by atoms with van der Waals surface area (Å²) in [6.07, 6.45) is 6.58. The van der Waals surface area contributed by atoms with Gasteiger partial charge in [-0.1, -0.05) is 67.8 Å². The van der Waals surface area contributed by atoms with Crippen molar-refractivity contribution in [1.82, 2.24) is 5.32 Å². The molecule has 0 amide bonds. The number of rotatable bonds is 12. The first-order chi connectivity index (χ1) is 17.3. The van der Waals surface area contributed by atoms with Crippen LogP contribution in [-0.4, -0.2) is 33.8 Å². The monoisotopic (exact) mass is 475 g/mol. The van der Waals surface area contributed by atoms with Gasteiger partial charge in [-0.3, -0.25) is 0 Å². The average Bonchev–Trinajstić information content (AvgIpc) is 2.92. The minimum absolute atomic E-state index is 0.0901. The summed E-state index contributed by atoms with van der Waals surface area (Å²) in [4.78, 5) is 0. The summed E-state index contributed by atoms with van der Waals surface area (Å²) in [5.41, 5.74) is 5.07. The first-order valence-corrected chi connectivity index (χ1v) is 12.5. The van der Waals surface area contributed by atoms with Gasteiger partial charge in [0.1, 0.15) is 11.5 Å². The SMILES string of the molecule is COCOc1ccc(C(c2ccc(OCOC)cc2)c2ccccc2CNC2CCCCC2)cc1. The second-order valence-electron chi connectivity index (χ2n) is 9.09. The second kappa shape index (κ2) is 13.3. The van der Waals surface area contributed by atoms with E-state index in [1.165, 1.54) is 54.4 Å². The number of nitrogens with one attached hydrogen (secondary N) is 1. The van der Waals surface area contributed by atoms with Crippen LogP contribution < -0.4 is 14.8 Å². The molecule has 1 aliphatic rings. The summed E-state index contributed by atoms with van der Waals surface area (Å²) in [5.74, 6) is 1.68. The normalized spacial score (nSPS) is 14.3. The van der Waals surface area contributed by atoms with Gasteiger partial charge in [-0.2, -0.15) is 0 Å². The summed E-state index contributed by atoms with van der Waals surface area (Å²) < 4.78 is 21.3. The quantitative estimate of drug-likeness (QED) is 0.248. The van der Waals surface area contributed by atoms with E-state index in [4.69, 9.17) is 18.9 Å². The zero-order valence-corrected chi connectivity index (χ0v) is 20.9. The Balaban J connectivity index is 1.64. The van der Waals surface area contributed by atoms with Crippen molar-refractivity contribution in [2.24, 2.45) is 0 Å². The van der Waals surface area contributed by atoms with Crippen molar-refractivity contribution in [2.45, 2.75) is 50.6 Å². The fourth-order valence-corrected chi connectivity index (χ4v) is 4.86. The summed E-state index contributed by atoms with van der Waals surface area (Å²) in [7, 11) is 3.26. The van der Waals surface area contributed by atoms with Crippen LogP contribution in [0.5, 0.6) is 11.5 Å². The van der Waals surface area contributed by atoms with Gasteiger partial charge < -0.3 is 24.3 Å². The molecule has 5 heteroatoms. The van der Waals surface area contributed by atoms with E-state index in [0.29, 0.717) is 6.04 Å². The fraction of sp³-hybridized carbons (Fsp3) is 0.400. The van der Waals surface area contributed by atoms with Crippen LogP contribution in [0.25, 0.3) is 0 Å². The number of methoxy groups -OCH3 is 2. The molecule has 0 radical (unpaired) electrons. The molecule has 4 rings (SSSR count). The molecule has 35 heavy (non-hydrogen) atoms. The van der Waals surface area contributed by atoms with Crippen molar-refractivity contribution in [2.75, 3.05) is 27.8 Å². The third-order valence-corrected chi connectivity index (χ3v) is 6.67. The number of hydrogen-bond donors (Lipinski definition) is 1. The van der Waals surface area contributed by atoms with Crippen LogP contribution >= 0.6 is 0 Å². The molecular weight excluding hydrogens is 438 g/mol. The summed E-state index contributed by atoms with van der Waals surface area (Å²) >= 11 is 0. The largest absolute Gasteiger partial charge is 0.468 e. The van der Waals surface area contributed by atoms with E-state index >= 15 is 0 Å². The van der Waals surface area contributed by atoms with Gasteiger partial charge in [-0.15, -0.1) is 0 Å². The highest BCUT2D eigenvalue weighted by Gasteiger charge is 2.21. The third kappa shape index (κ3) is 7.07. The minimum atomic E-state index is 0.0901. The Hall–Kier alpha value is -2.86. The average molecular weight is 476 g/mol. The van der Waals surface area contributed by atoms with Crippen LogP contribution in [-0.2, 0) is 16.0 Å². The molecule has 0 aliphatic heterocycles. The standard InChI is InChI=1S/C30H37NO4/c1-32-21-34-27-16-12-23(13-17-27)30(24-14-18-28(19-15-24)35-22-33-2)29-11-7-6-8-25(29)20-31-26-9-4-3-5-10-26/h6-8,11-19,26,30-31H,3-5,9-10,20-22H2,1-2H3. The predicted molar refractivity (Wildman–Crippen MR) is 139 cm³/mol. The zero-order chi connectivity index (χ0) is 24.3. The van der Waals surface area contributed by atoms with Crippen molar-refractivity contribution in [3.63, 3.8) is 0 Å². The number of benzene rings is 3. The molecule has 0 bridgehead atoms. The maximum atomic E-state index is 5.62. The summed E-state index contributed by atoms with van der Waals surface area (Å²) in [6.45, 7) is 1.35. The van der Waals surface area contributed by atoms with E-state index < -0.39 is 0 Å². The maximum absolute atomic E-state index is 5.62. The van der Waals surface area contributed by atoms with Crippen LogP contribution in [0, 0.1) is 0 Å². The van der Waals surface area contributed by atoms with E-state index in [0.717, 1.165) is 18.0 Å². The lowest BCUT2D eigenvalue weighted by Crippen LogP contribution is -2.30. The van der Waals surface area contributed by atoms with E-state index in [2.05, 4.69) is 53.8 Å². The van der Waals surface area contributed by atoms with Crippen molar-refractivity contribution in [3.8, 4) is 11.5 Å². The lowest BCUT2D eigenvalue weighted by Gasteiger charge is -2.26. The van der Waals surface area contributed by atoms with Crippen molar-refractivity contribution in [1.29, 1.82) is 0 Å². The van der Waals surface area contributed by atoms with Gasteiger partial charge in [-0.05, 0) is 59.4 Å². The molecule has 3 aromatic rings. The highest BCUT2D eigenvalue weighted by molar-refractivity contribution is 5.48. The molecule has 3 aromatic carbocycles. The molecule has 1 fully saturated rings. The molecule has 0 unspecified atom stereocenters. The highest BCUT2D eigenvalue weighted by Crippen LogP contribution is 2.36. The van der Waals surface area contributed by atoms with Gasteiger partial charge in [0.2, 0.25) is 0 Å². The van der Waals surface area contributed by atoms with E-state index in [1.807, 2.05) is 24.3 Å². The first-order valence-electron chi connectivity index (χ1n) is 12.5. The topological polar surface area (TPSA) is 49.0 Å². The van der Waals surface area contributed by atoms with Crippen LogP contribution in [0.3, 0.4) is 0 Å². The van der Waals surface area contributed by atoms with Gasteiger partial charge in [-0.25, -0.2) is 0 Å². The molecule has 186 valence electrons. The molecule has 1 aliphatic carbocycles. The Morgan fingerprint density at radius 3 is 1.80 bits per heavy atom. The lowest BCUT2D eigenvalue weighted by molar-refractivity contribution is 0.0509. The Bertz CT molecular complexity index is 962. The van der Waals surface area contributed by atoms with E-state index in [-0.39, 0.29) is 19.5 Å². The zero-order valence-electron chi connectivity index (χ0n) is 20.9. The van der Waals surface area contributed by atoms with E-state index in [1.54, 1.807) is 14.2 Å². The lowest BCUT2D eigenvalue weighted by atomic mass is 9.82. The molecule has 0 aromatic heterocycles. The predicted octanol–water partition coefficient (Wildman–Crippen LogP) is 6.25. The van der Waals surface area contributed by atoms with Crippen molar-refractivity contribution < 1.29 is 18.9 Å². The van der Waals surface area contributed by atoms with Crippen LogP contribution in [0.15, 0.2) is 72.8 Å². The molecule has 0 atom stereocenters. The number of ether oxygens (including phenoxy) is 4. The Morgan fingerprint density at radius 1 is 0.714 bits per heavy atom. The second-order valence-corrected chi connectivity index (χ2v) is 9.09. The minimum Gasteiger partial charge on any atom is -0.468 e. The molecule has 1 N–H and O–H groups in total. The van der Waals surface area contributed by atoms with Gasteiger partial charge in [0.25, 0.3) is 0 Å². The number of hydrogen-bond acceptors (Lipinski definition) is 5. The molecular formula is C30H37NO4. The van der Waals surface area contributed by atoms with Gasteiger partial charge in [0.15, 0.2) is 13.6 Å². The van der Waals surface area contributed by atoms with Gasteiger partial charge >= 0.3 is 0 Å². The molecule has 0 spiro atoms. The molecule has 5 nitrogen and oxygen atoms in total. The summed E-state index contributed by atoms with van der Waals surface area (Å²) in [6, 6.07) is 26.1. The van der Waals surface area contributed by atoms with Crippen LogP contribution in [0.4, 0.5) is 0 Å². The Labute approximate surface area is 209 Å². The van der Waals surface area contributed by atoms with Crippen LogP contribution in [0.2, 0.25) is 0 Å². The molecule has 0 saturated heterocycles.